The largest absolute Gasteiger partial charge is 0.491 e. The van der Waals surface area contributed by atoms with Crippen molar-refractivity contribution in [1.82, 2.24) is 5.32 Å². The van der Waals surface area contributed by atoms with Crippen LogP contribution >= 0.6 is 27.3 Å². The molecule has 0 radical (unpaired) electrons. The second-order valence-corrected chi connectivity index (χ2v) is 7.28. The highest BCUT2D eigenvalue weighted by atomic mass is 79.9. The Hall–Kier alpha value is -0.840. The van der Waals surface area contributed by atoms with Crippen molar-refractivity contribution in [3.05, 3.63) is 50.6 Å². The summed E-state index contributed by atoms with van der Waals surface area (Å²) in [5, 5.41) is 5.75. The molecular formula is C17H22BrNOS. The zero-order chi connectivity index (χ0) is 15.4. The summed E-state index contributed by atoms with van der Waals surface area (Å²) in [5.74, 6) is 0.926. The van der Waals surface area contributed by atoms with Crippen molar-refractivity contribution < 1.29 is 4.74 Å². The molecule has 0 aliphatic rings. The van der Waals surface area contributed by atoms with Crippen LogP contribution in [0.3, 0.4) is 0 Å². The zero-order valence-corrected chi connectivity index (χ0v) is 15.3. The molecule has 0 amide bonds. The van der Waals surface area contributed by atoms with Gasteiger partial charge in [0, 0.05) is 21.4 Å². The topological polar surface area (TPSA) is 21.3 Å². The lowest BCUT2D eigenvalue weighted by atomic mass is 10.1. The van der Waals surface area contributed by atoms with E-state index < -0.39 is 0 Å². The summed E-state index contributed by atoms with van der Waals surface area (Å²) in [6.07, 6.45) is 0.211. The molecule has 2 unspecified atom stereocenters. The lowest BCUT2D eigenvalue weighted by molar-refractivity contribution is 0.242. The first-order chi connectivity index (χ1) is 9.97. The van der Waals surface area contributed by atoms with Gasteiger partial charge in [0.15, 0.2) is 0 Å². The number of ether oxygens (including phenoxy) is 1. The fraction of sp³-hybridized carbons (Fsp3) is 0.412. The van der Waals surface area contributed by atoms with E-state index in [0.717, 1.165) is 5.75 Å². The fourth-order valence-electron chi connectivity index (χ4n) is 2.27. The molecule has 2 atom stereocenters. The maximum Gasteiger partial charge on any atom is 0.119 e. The summed E-state index contributed by atoms with van der Waals surface area (Å²) in [6.45, 7) is 8.47. The Labute approximate surface area is 139 Å². The van der Waals surface area contributed by atoms with Crippen molar-refractivity contribution in [2.24, 2.45) is 0 Å². The van der Waals surface area contributed by atoms with Crippen LogP contribution < -0.4 is 10.1 Å². The van der Waals surface area contributed by atoms with Crippen LogP contribution in [-0.4, -0.2) is 6.10 Å². The lowest BCUT2D eigenvalue weighted by Crippen LogP contribution is -2.22. The van der Waals surface area contributed by atoms with Crippen LogP contribution in [0.25, 0.3) is 0 Å². The first kappa shape index (κ1) is 16.5. The molecule has 4 heteroatoms. The van der Waals surface area contributed by atoms with E-state index in [-0.39, 0.29) is 6.10 Å². The third kappa shape index (κ3) is 4.56. The van der Waals surface area contributed by atoms with Crippen LogP contribution in [0.1, 0.15) is 50.2 Å². The maximum atomic E-state index is 5.68. The number of halogens is 1. The minimum absolute atomic E-state index is 0.211. The summed E-state index contributed by atoms with van der Waals surface area (Å²) in [6, 6.07) is 11.1. The van der Waals surface area contributed by atoms with E-state index >= 15 is 0 Å². The van der Waals surface area contributed by atoms with Gasteiger partial charge in [-0.3, -0.25) is 0 Å². The molecule has 1 aromatic carbocycles. The maximum absolute atomic E-state index is 5.68. The molecule has 0 bridgehead atoms. The van der Waals surface area contributed by atoms with Gasteiger partial charge in [-0.15, -0.1) is 11.3 Å². The van der Waals surface area contributed by atoms with Crippen molar-refractivity contribution in [1.29, 1.82) is 0 Å². The molecule has 1 heterocycles. The van der Waals surface area contributed by atoms with Gasteiger partial charge in [0.05, 0.1) is 6.10 Å². The summed E-state index contributed by atoms with van der Waals surface area (Å²) in [5.41, 5.74) is 1.27. The van der Waals surface area contributed by atoms with Crippen LogP contribution in [0.2, 0.25) is 0 Å². The average molecular weight is 368 g/mol. The van der Waals surface area contributed by atoms with Gasteiger partial charge < -0.3 is 10.1 Å². The Morgan fingerprint density at radius 2 is 1.67 bits per heavy atom. The normalized spacial score (nSPS) is 14.2. The molecule has 114 valence electrons. The first-order valence-corrected chi connectivity index (χ1v) is 8.90. The van der Waals surface area contributed by atoms with Gasteiger partial charge in [0.1, 0.15) is 5.75 Å². The lowest BCUT2D eigenvalue weighted by Gasteiger charge is -2.20. The third-order valence-electron chi connectivity index (χ3n) is 3.29. The Morgan fingerprint density at radius 1 is 1.00 bits per heavy atom. The summed E-state index contributed by atoms with van der Waals surface area (Å²) < 4.78 is 6.86. The van der Waals surface area contributed by atoms with Crippen molar-refractivity contribution >= 4 is 27.3 Å². The fourth-order valence-corrected chi connectivity index (χ4v) is 4.00. The molecular weight excluding hydrogens is 346 g/mol. The highest BCUT2D eigenvalue weighted by Gasteiger charge is 2.14. The van der Waals surface area contributed by atoms with E-state index in [1.165, 1.54) is 14.9 Å². The van der Waals surface area contributed by atoms with Crippen molar-refractivity contribution in [2.45, 2.75) is 45.9 Å². The Balaban J connectivity index is 2.00. The smallest absolute Gasteiger partial charge is 0.119 e. The van der Waals surface area contributed by atoms with E-state index in [0.29, 0.717) is 12.1 Å². The van der Waals surface area contributed by atoms with Crippen LogP contribution in [0, 0.1) is 0 Å². The Bertz CT molecular complexity index is 564. The minimum Gasteiger partial charge on any atom is -0.491 e. The SMILES string of the molecule is CC(C)Oc1ccc(C(C)NC(C)c2sccc2Br)cc1. The number of benzene rings is 1. The van der Waals surface area contributed by atoms with Gasteiger partial charge >= 0.3 is 0 Å². The van der Waals surface area contributed by atoms with Crippen molar-refractivity contribution in [2.75, 3.05) is 0 Å². The van der Waals surface area contributed by atoms with Crippen LogP contribution in [0.5, 0.6) is 5.75 Å². The molecule has 2 nitrogen and oxygen atoms in total. The second-order valence-electron chi connectivity index (χ2n) is 5.48. The van der Waals surface area contributed by atoms with Gasteiger partial charge in [0.2, 0.25) is 0 Å². The molecule has 1 N–H and O–H groups in total. The molecule has 21 heavy (non-hydrogen) atoms. The number of nitrogens with one attached hydrogen (secondary N) is 1. The highest BCUT2D eigenvalue weighted by molar-refractivity contribution is 9.10. The van der Waals surface area contributed by atoms with E-state index in [1.807, 2.05) is 26.0 Å². The Morgan fingerprint density at radius 3 is 2.19 bits per heavy atom. The molecule has 1 aromatic heterocycles. The zero-order valence-electron chi connectivity index (χ0n) is 12.9. The van der Waals surface area contributed by atoms with Crippen LogP contribution in [0.15, 0.2) is 40.2 Å². The van der Waals surface area contributed by atoms with Gasteiger partial charge in [0.25, 0.3) is 0 Å². The highest BCUT2D eigenvalue weighted by Crippen LogP contribution is 2.30. The predicted octanol–water partition coefficient (Wildman–Crippen LogP) is 5.71. The number of hydrogen-bond acceptors (Lipinski definition) is 3. The van der Waals surface area contributed by atoms with E-state index in [4.69, 9.17) is 4.74 Å². The number of rotatable bonds is 6. The molecule has 0 saturated heterocycles. The van der Waals surface area contributed by atoms with E-state index in [9.17, 15) is 0 Å². The van der Waals surface area contributed by atoms with Gasteiger partial charge in [-0.2, -0.15) is 0 Å². The minimum atomic E-state index is 0.211. The molecule has 2 rings (SSSR count). The van der Waals surface area contributed by atoms with Gasteiger partial charge in [-0.1, -0.05) is 12.1 Å². The van der Waals surface area contributed by atoms with Crippen molar-refractivity contribution in [3.63, 3.8) is 0 Å². The summed E-state index contributed by atoms with van der Waals surface area (Å²) in [7, 11) is 0. The average Bonchev–Trinajstić information content (AvgIpc) is 2.85. The Kier molecular flexibility index (Phi) is 5.85. The molecule has 0 fully saturated rings. The molecule has 0 aliphatic heterocycles. The molecule has 0 aliphatic carbocycles. The van der Waals surface area contributed by atoms with Gasteiger partial charge in [-0.05, 0) is 72.8 Å². The second kappa shape index (κ2) is 7.43. The molecule has 0 spiro atoms. The predicted molar refractivity (Wildman–Crippen MR) is 94.2 cm³/mol. The number of thiophene rings is 1. The van der Waals surface area contributed by atoms with Crippen LogP contribution in [-0.2, 0) is 0 Å². The summed E-state index contributed by atoms with van der Waals surface area (Å²) >= 11 is 5.37. The third-order valence-corrected chi connectivity index (χ3v) is 5.34. The monoisotopic (exact) mass is 367 g/mol. The molecule has 0 saturated carbocycles. The van der Waals surface area contributed by atoms with Gasteiger partial charge in [-0.25, -0.2) is 0 Å². The first-order valence-electron chi connectivity index (χ1n) is 7.23. The molecule has 2 aromatic rings. The van der Waals surface area contributed by atoms with Crippen LogP contribution in [0.4, 0.5) is 0 Å². The van der Waals surface area contributed by atoms with E-state index in [2.05, 4.69) is 58.7 Å². The van der Waals surface area contributed by atoms with E-state index in [1.54, 1.807) is 11.3 Å². The van der Waals surface area contributed by atoms with Crippen molar-refractivity contribution in [3.8, 4) is 5.75 Å². The standard InChI is InChI=1S/C17H22BrNOS/c1-11(2)20-15-7-5-14(6-8-15)12(3)19-13(4)17-16(18)9-10-21-17/h5-13,19H,1-4H3. The quantitative estimate of drug-likeness (QED) is 0.705. The number of hydrogen-bond donors (Lipinski definition) is 1. The summed E-state index contributed by atoms with van der Waals surface area (Å²) in [4.78, 5) is 1.33.